The van der Waals surface area contributed by atoms with Crippen molar-refractivity contribution in [1.82, 2.24) is 0 Å². The van der Waals surface area contributed by atoms with E-state index in [9.17, 15) is 13.2 Å². The lowest BCUT2D eigenvalue weighted by molar-refractivity contribution is 0.262. The van der Waals surface area contributed by atoms with Gasteiger partial charge in [0.05, 0.1) is 19.1 Å². The fraction of sp³-hybridized carbons (Fsp3) is 0.133. The molecule has 0 aliphatic heterocycles. The molecule has 0 unspecified atom stereocenters. The number of amides is 2. The standard InChI is InChI=1S/C15H17N3O5S/c1-22-12-7-11(8-13(9-12)23-2)18-15(19)17-10-3-5-14(6-4-10)24(16,20)21/h3-9H,1-2H3,(H2,16,20,21)(H2,17,18,19). The third-order valence-electron chi connectivity index (χ3n) is 3.05. The molecular formula is C15H17N3O5S. The molecular weight excluding hydrogens is 334 g/mol. The van der Waals surface area contributed by atoms with Gasteiger partial charge in [0.25, 0.3) is 0 Å². The zero-order valence-electron chi connectivity index (χ0n) is 13.1. The van der Waals surface area contributed by atoms with E-state index in [0.717, 1.165) is 0 Å². The number of carbonyl (C=O) groups is 1. The number of sulfonamides is 1. The van der Waals surface area contributed by atoms with Crippen LogP contribution in [-0.2, 0) is 10.0 Å². The second-order valence-corrected chi connectivity index (χ2v) is 6.31. The number of urea groups is 1. The topological polar surface area (TPSA) is 120 Å². The fourth-order valence-corrected chi connectivity index (χ4v) is 2.42. The van der Waals surface area contributed by atoms with E-state index >= 15 is 0 Å². The first-order valence-corrected chi connectivity index (χ1v) is 8.30. The van der Waals surface area contributed by atoms with Crippen molar-refractivity contribution in [2.24, 2.45) is 5.14 Å². The molecule has 128 valence electrons. The van der Waals surface area contributed by atoms with Crippen LogP contribution in [0.1, 0.15) is 0 Å². The maximum atomic E-state index is 12.0. The summed E-state index contributed by atoms with van der Waals surface area (Å²) >= 11 is 0. The van der Waals surface area contributed by atoms with Gasteiger partial charge >= 0.3 is 6.03 Å². The largest absolute Gasteiger partial charge is 0.497 e. The van der Waals surface area contributed by atoms with Crippen molar-refractivity contribution in [3.8, 4) is 11.5 Å². The molecule has 0 aromatic heterocycles. The number of ether oxygens (including phenoxy) is 2. The van der Waals surface area contributed by atoms with Crippen molar-refractivity contribution in [3.05, 3.63) is 42.5 Å². The van der Waals surface area contributed by atoms with Crippen LogP contribution in [0.4, 0.5) is 16.2 Å². The van der Waals surface area contributed by atoms with Crippen molar-refractivity contribution in [3.63, 3.8) is 0 Å². The zero-order valence-corrected chi connectivity index (χ0v) is 13.9. The number of primary sulfonamides is 1. The summed E-state index contributed by atoms with van der Waals surface area (Å²) in [4.78, 5) is 12.0. The summed E-state index contributed by atoms with van der Waals surface area (Å²) in [5.41, 5.74) is 0.889. The lowest BCUT2D eigenvalue weighted by Crippen LogP contribution is -2.19. The van der Waals surface area contributed by atoms with Crippen molar-refractivity contribution in [2.45, 2.75) is 4.90 Å². The second kappa shape index (κ2) is 7.20. The molecule has 0 fully saturated rings. The van der Waals surface area contributed by atoms with Crippen LogP contribution in [0.5, 0.6) is 11.5 Å². The molecule has 2 aromatic carbocycles. The minimum atomic E-state index is -3.77. The van der Waals surface area contributed by atoms with E-state index in [2.05, 4.69) is 10.6 Å². The van der Waals surface area contributed by atoms with Gasteiger partial charge in [0, 0.05) is 29.6 Å². The molecule has 0 atom stereocenters. The van der Waals surface area contributed by atoms with Crippen molar-refractivity contribution in [1.29, 1.82) is 0 Å². The number of hydrogen-bond donors (Lipinski definition) is 3. The third kappa shape index (κ3) is 4.61. The van der Waals surface area contributed by atoms with Crippen LogP contribution in [0, 0.1) is 0 Å². The van der Waals surface area contributed by atoms with Gasteiger partial charge in [-0.05, 0) is 24.3 Å². The number of hydrogen-bond acceptors (Lipinski definition) is 5. The molecule has 0 bridgehead atoms. The summed E-state index contributed by atoms with van der Waals surface area (Å²) in [6, 6.07) is 9.91. The summed E-state index contributed by atoms with van der Waals surface area (Å²) in [5.74, 6) is 1.06. The van der Waals surface area contributed by atoms with Crippen LogP contribution in [0.15, 0.2) is 47.4 Å². The number of carbonyl (C=O) groups excluding carboxylic acids is 1. The average molecular weight is 351 g/mol. The normalized spacial score (nSPS) is 10.8. The fourth-order valence-electron chi connectivity index (χ4n) is 1.90. The number of benzene rings is 2. The number of anilines is 2. The first-order valence-electron chi connectivity index (χ1n) is 6.76. The van der Waals surface area contributed by atoms with Gasteiger partial charge in [-0.1, -0.05) is 0 Å². The summed E-state index contributed by atoms with van der Waals surface area (Å²) in [5, 5.41) is 10.2. The Kier molecular flexibility index (Phi) is 5.27. The molecule has 9 heteroatoms. The Hall–Kier alpha value is -2.78. The minimum Gasteiger partial charge on any atom is -0.497 e. The lowest BCUT2D eigenvalue weighted by atomic mass is 10.2. The van der Waals surface area contributed by atoms with Gasteiger partial charge in [-0.15, -0.1) is 0 Å². The minimum absolute atomic E-state index is 0.0361. The van der Waals surface area contributed by atoms with Gasteiger partial charge in [-0.3, -0.25) is 0 Å². The number of nitrogens with one attached hydrogen (secondary N) is 2. The van der Waals surface area contributed by atoms with E-state index in [4.69, 9.17) is 14.6 Å². The van der Waals surface area contributed by atoms with Crippen molar-refractivity contribution in [2.75, 3.05) is 24.9 Å². The van der Waals surface area contributed by atoms with Gasteiger partial charge < -0.3 is 20.1 Å². The predicted octanol–water partition coefficient (Wildman–Crippen LogP) is 2.00. The van der Waals surface area contributed by atoms with E-state index in [-0.39, 0.29) is 4.90 Å². The van der Waals surface area contributed by atoms with Crippen LogP contribution in [0.25, 0.3) is 0 Å². The quantitative estimate of drug-likeness (QED) is 0.761. The summed E-state index contributed by atoms with van der Waals surface area (Å²) in [6.07, 6.45) is 0. The van der Waals surface area contributed by atoms with Gasteiger partial charge in [-0.25, -0.2) is 18.4 Å². The SMILES string of the molecule is COc1cc(NC(=O)Nc2ccc(S(N)(=O)=O)cc2)cc(OC)c1. The van der Waals surface area contributed by atoms with Crippen LogP contribution in [0.3, 0.4) is 0 Å². The Morgan fingerprint density at radius 1 is 0.917 bits per heavy atom. The Morgan fingerprint density at radius 3 is 1.88 bits per heavy atom. The molecule has 2 rings (SSSR count). The number of nitrogens with two attached hydrogens (primary N) is 1. The summed E-state index contributed by atoms with van der Waals surface area (Å²) in [6.45, 7) is 0. The van der Waals surface area contributed by atoms with Crippen LogP contribution in [-0.4, -0.2) is 28.7 Å². The molecule has 0 aliphatic rings. The zero-order chi connectivity index (χ0) is 17.7. The maximum absolute atomic E-state index is 12.0. The third-order valence-corrected chi connectivity index (χ3v) is 3.98. The summed E-state index contributed by atoms with van der Waals surface area (Å²) < 4.78 is 32.6. The van der Waals surface area contributed by atoms with E-state index in [0.29, 0.717) is 22.9 Å². The molecule has 2 aromatic rings. The molecule has 0 radical (unpaired) electrons. The molecule has 2 amide bonds. The Labute approximate surface area is 139 Å². The molecule has 0 saturated heterocycles. The Bertz CT molecular complexity index is 812. The van der Waals surface area contributed by atoms with Crippen LogP contribution in [0.2, 0.25) is 0 Å². The van der Waals surface area contributed by atoms with Gasteiger partial charge in [0.2, 0.25) is 10.0 Å². The molecule has 0 spiro atoms. The highest BCUT2D eigenvalue weighted by Crippen LogP contribution is 2.25. The highest BCUT2D eigenvalue weighted by atomic mass is 32.2. The highest BCUT2D eigenvalue weighted by molar-refractivity contribution is 7.89. The first-order chi connectivity index (χ1) is 11.3. The molecule has 0 heterocycles. The molecule has 0 aliphatic carbocycles. The van der Waals surface area contributed by atoms with E-state index < -0.39 is 16.1 Å². The molecule has 24 heavy (non-hydrogen) atoms. The van der Waals surface area contributed by atoms with Gasteiger partial charge in [0.1, 0.15) is 11.5 Å². The lowest BCUT2D eigenvalue weighted by Gasteiger charge is -2.11. The first kappa shape index (κ1) is 17.6. The van der Waals surface area contributed by atoms with E-state index in [1.54, 1.807) is 18.2 Å². The van der Waals surface area contributed by atoms with Crippen LogP contribution >= 0.6 is 0 Å². The Balaban J connectivity index is 2.08. The predicted molar refractivity (Wildman–Crippen MR) is 90.0 cm³/mol. The van der Waals surface area contributed by atoms with Gasteiger partial charge in [0.15, 0.2) is 0 Å². The van der Waals surface area contributed by atoms with Crippen molar-refractivity contribution < 1.29 is 22.7 Å². The second-order valence-electron chi connectivity index (χ2n) is 4.75. The molecule has 0 saturated carbocycles. The van der Waals surface area contributed by atoms with E-state index in [1.807, 2.05) is 0 Å². The Morgan fingerprint density at radius 2 is 1.42 bits per heavy atom. The molecule has 8 nitrogen and oxygen atoms in total. The number of rotatable bonds is 5. The van der Waals surface area contributed by atoms with Crippen molar-refractivity contribution >= 4 is 27.4 Å². The smallest absolute Gasteiger partial charge is 0.323 e. The summed E-state index contributed by atoms with van der Waals surface area (Å²) in [7, 11) is -0.757. The molecule has 4 N–H and O–H groups in total. The average Bonchev–Trinajstić information content (AvgIpc) is 2.53. The highest BCUT2D eigenvalue weighted by Gasteiger charge is 2.09. The maximum Gasteiger partial charge on any atom is 0.323 e. The van der Waals surface area contributed by atoms with E-state index in [1.165, 1.54) is 38.5 Å². The monoisotopic (exact) mass is 351 g/mol. The van der Waals surface area contributed by atoms with Crippen LogP contribution < -0.4 is 25.2 Å². The number of methoxy groups -OCH3 is 2. The van der Waals surface area contributed by atoms with Gasteiger partial charge in [-0.2, -0.15) is 0 Å².